The molecule has 6 nitrogen and oxygen atoms in total. The number of fused-ring (bicyclic) bond motifs is 1. The minimum Gasteiger partial charge on any atom is -0.326 e. The van der Waals surface area contributed by atoms with Gasteiger partial charge in [0.2, 0.25) is 5.91 Å². The number of hydrogen-bond donors (Lipinski definition) is 1. The normalized spacial score (nSPS) is 10.7. The summed E-state index contributed by atoms with van der Waals surface area (Å²) in [5.41, 5.74) is 0.889. The molecule has 1 amide bonds. The molecule has 0 spiro atoms. The summed E-state index contributed by atoms with van der Waals surface area (Å²) in [6, 6.07) is 8.32. The highest BCUT2D eigenvalue weighted by Gasteiger charge is 2.11. The Morgan fingerprint density at radius 1 is 1.21 bits per heavy atom. The molecule has 3 rings (SSSR count). The molecule has 0 unspecified atom stereocenters. The van der Waals surface area contributed by atoms with Gasteiger partial charge in [-0.15, -0.1) is 11.3 Å². The van der Waals surface area contributed by atoms with E-state index in [1.165, 1.54) is 22.2 Å². The second-order valence-corrected chi connectivity index (χ2v) is 6.11. The van der Waals surface area contributed by atoms with Crippen molar-refractivity contribution in [2.45, 2.75) is 19.9 Å². The number of benzene rings is 1. The molecule has 0 bridgehead atoms. The summed E-state index contributed by atoms with van der Waals surface area (Å²) in [5, 5.41) is 5.04. The third-order valence-corrected chi connectivity index (χ3v) is 4.40. The number of thiophene rings is 1. The first-order valence-electron chi connectivity index (χ1n) is 7.44. The molecule has 0 fully saturated rings. The Kier molecular flexibility index (Phi) is 4.52. The highest BCUT2D eigenvalue weighted by molar-refractivity contribution is 7.16. The van der Waals surface area contributed by atoms with E-state index in [2.05, 4.69) is 10.3 Å². The van der Waals surface area contributed by atoms with E-state index in [1.807, 2.05) is 0 Å². The number of aromatic nitrogens is 2. The number of rotatable bonds is 5. The molecule has 2 heterocycles. The second kappa shape index (κ2) is 6.76. The molecular formula is C17H15N3O3S. The minimum absolute atomic E-state index is 0.0711. The summed E-state index contributed by atoms with van der Waals surface area (Å²) in [6.07, 6.45) is 1.79. The molecule has 122 valence electrons. The molecule has 0 saturated carbocycles. The Morgan fingerprint density at radius 3 is 2.67 bits per heavy atom. The predicted octanol–water partition coefficient (Wildman–Crippen LogP) is 2.69. The first-order chi connectivity index (χ1) is 11.6. The van der Waals surface area contributed by atoms with E-state index in [0.29, 0.717) is 27.9 Å². The van der Waals surface area contributed by atoms with Crippen molar-refractivity contribution < 1.29 is 9.59 Å². The van der Waals surface area contributed by atoms with Crippen molar-refractivity contribution in [3.63, 3.8) is 0 Å². The van der Waals surface area contributed by atoms with Crippen LogP contribution in [-0.4, -0.2) is 21.2 Å². The third-order valence-electron chi connectivity index (χ3n) is 3.58. The number of carbonyl (C=O) groups is 2. The van der Waals surface area contributed by atoms with Gasteiger partial charge in [-0.1, -0.05) is 6.92 Å². The van der Waals surface area contributed by atoms with Gasteiger partial charge in [0, 0.05) is 17.7 Å². The van der Waals surface area contributed by atoms with Gasteiger partial charge in [0.15, 0.2) is 5.78 Å². The van der Waals surface area contributed by atoms with Crippen molar-refractivity contribution in [1.29, 1.82) is 0 Å². The number of anilines is 1. The number of Topliss-reactive ketones (excluding diaryl/α,β-unsaturated/α-hetero) is 1. The number of carbonyl (C=O) groups excluding carboxylic acids is 2. The lowest BCUT2D eigenvalue weighted by atomic mass is 10.1. The lowest BCUT2D eigenvalue weighted by Gasteiger charge is -2.07. The van der Waals surface area contributed by atoms with E-state index in [-0.39, 0.29) is 23.8 Å². The molecule has 7 heteroatoms. The van der Waals surface area contributed by atoms with E-state index >= 15 is 0 Å². The van der Waals surface area contributed by atoms with Gasteiger partial charge in [-0.05, 0) is 35.7 Å². The molecule has 0 aliphatic carbocycles. The third kappa shape index (κ3) is 3.26. The van der Waals surface area contributed by atoms with Crippen LogP contribution in [0.4, 0.5) is 5.69 Å². The smallest absolute Gasteiger partial charge is 0.262 e. The van der Waals surface area contributed by atoms with Crippen LogP contribution in [0.3, 0.4) is 0 Å². The van der Waals surface area contributed by atoms with Crippen LogP contribution in [0.2, 0.25) is 0 Å². The van der Waals surface area contributed by atoms with Gasteiger partial charge in [0.05, 0.1) is 18.3 Å². The van der Waals surface area contributed by atoms with Gasteiger partial charge in [0.1, 0.15) is 4.83 Å². The SMILES string of the molecule is CCC(=O)Nc1ccc(C(=O)Cn2cnc3sccc3c2=O)cc1. The lowest BCUT2D eigenvalue weighted by molar-refractivity contribution is -0.115. The quantitative estimate of drug-likeness (QED) is 0.724. The standard InChI is InChI=1S/C17H15N3O3S/c1-2-15(22)19-12-5-3-11(4-6-12)14(21)9-20-10-18-16-13(17(20)23)7-8-24-16/h3-8,10H,2,9H2,1H3,(H,19,22). The maximum atomic E-state index is 12.4. The Bertz CT molecular complexity index is 957. The number of amides is 1. The van der Waals surface area contributed by atoms with E-state index < -0.39 is 0 Å². The van der Waals surface area contributed by atoms with Crippen molar-refractivity contribution in [1.82, 2.24) is 9.55 Å². The summed E-state index contributed by atoms with van der Waals surface area (Å²) in [7, 11) is 0. The fraction of sp³-hybridized carbons (Fsp3) is 0.176. The Hall–Kier alpha value is -2.80. The largest absolute Gasteiger partial charge is 0.326 e. The van der Waals surface area contributed by atoms with Crippen LogP contribution >= 0.6 is 11.3 Å². The van der Waals surface area contributed by atoms with E-state index in [1.54, 1.807) is 42.6 Å². The number of ketones is 1. The van der Waals surface area contributed by atoms with Crippen molar-refractivity contribution in [3.05, 3.63) is 58.0 Å². The van der Waals surface area contributed by atoms with Gasteiger partial charge in [0.25, 0.3) is 5.56 Å². The van der Waals surface area contributed by atoms with Crippen molar-refractivity contribution in [2.75, 3.05) is 5.32 Å². The minimum atomic E-state index is -0.221. The monoisotopic (exact) mass is 341 g/mol. The van der Waals surface area contributed by atoms with Crippen LogP contribution in [0.15, 0.2) is 46.8 Å². The Balaban J connectivity index is 1.77. The number of nitrogens with one attached hydrogen (secondary N) is 1. The van der Waals surface area contributed by atoms with Crippen LogP contribution in [0.1, 0.15) is 23.7 Å². The molecule has 0 atom stereocenters. The molecule has 3 aromatic rings. The molecule has 0 radical (unpaired) electrons. The van der Waals surface area contributed by atoms with Gasteiger partial charge in [-0.3, -0.25) is 19.0 Å². The first-order valence-corrected chi connectivity index (χ1v) is 8.32. The zero-order valence-corrected chi connectivity index (χ0v) is 13.8. The highest BCUT2D eigenvalue weighted by atomic mass is 32.1. The molecular weight excluding hydrogens is 326 g/mol. The summed E-state index contributed by atoms with van der Waals surface area (Å²) >= 11 is 1.39. The summed E-state index contributed by atoms with van der Waals surface area (Å²) in [6.45, 7) is 1.70. The molecule has 24 heavy (non-hydrogen) atoms. The maximum Gasteiger partial charge on any atom is 0.262 e. The van der Waals surface area contributed by atoms with Gasteiger partial charge in [-0.25, -0.2) is 4.98 Å². The van der Waals surface area contributed by atoms with E-state index in [4.69, 9.17) is 0 Å². The van der Waals surface area contributed by atoms with Gasteiger partial charge >= 0.3 is 0 Å². The topological polar surface area (TPSA) is 81.1 Å². The zero-order valence-electron chi connectivity index (χ0n) is 13.0. The molecule has 1 N–H and O–H groups in total. The first kappa shape index (κ1) is 16.1. The molecule has 0 aliphatic heterocycles. The maximum absolute atomic E-state index is 12.4. The summed E-state index contributed by atoms with van der Waals surface area (Å²) < 4.78 is 1.31. The average Bonchev–Trinajstić information content (AvgIpc) is 3.07. The number of nitrogens with zero attached hydrogens (tertiary/aromatic N) is 2. The fourth-order valence-electron chi connectivity index (χ4n) is 2.24. The average molecular weight is 341 g/mol. The fourth-order valence-corrected chi connectivity index (χ4v) is 2.96. The van der Waals surface area contributed by atoms with Gasteiger partial charge < -0.3 is 5.32 Å². The summed E-state index contributed by atoms with van der Waals surface area (Å²) in [5.74, 6) is -0.280. The zero-order chi connectivity index (χ0) is 17.1. The number of hydrogen-bond acceptors (Lipinski definition) is 5. The summed E-state index contributed by atoms with van der Waals surface area (Å²) in [4.78, 5) is 40.8. The van der Waals surface area contributed by atoms with Crippen LogP contribution < -0.4 is 10.9 Å². The second-order valence-electron chi connectivity index (χ2n) is 5.22. The van der Waals surface area contributed by atoms with Crippen molar-refractivity contribution in [3.8, 4) is 0 Å². The highest BCUT2D eigenvalue weighted by Crippen LogP contribution is 2.14. The Labute approximate surface area is 141 Å². The Morgan fingerprint density at radius 2 is 1.96 bits per heavy atom. The van der Waals surface area contributed by atoms with E-state index in [9.17, 15) is 14.4 Å². The van der Waals surface area contributed by atoms with Crippen LogP contribution in [0, 0.1) is 0 Å². The molecule has 2 aromatic heterocycles. The molecule has 0 aliphatic rings. The van der Waals surface area contributed by atoms with Crippen LogP contribution in [0.5, 0.6) is 0 Å². The van der Waals surface area contributed by atoms with Crippen LogP contribution in [-0.2, 0) is 11.3 Å². The van der Waals surface area contributed by atoms with Crippen LogP contribution in [0.25, 0.3) is 10.2 Å². The lowest BCUT2D eigenvalue weighted by Crippen LogP contribution is -2.24. The van der Waals surface area contributed by atoms with Gasteiger partial charge in [-0.2, -0.15) is 0 Å². The molecule has 0 saturated heterocycles. The van der Waals surface area contributed by atoms with Crippen molar-refractivity contribution in [2.24, 2.45) is 0 Å². The van der Waals surface area contributed by atoms with E-state index in [0.717, 1.165) is 0 Å². The van der Waals surface area contributed by atoms with Crippen molar-refractivity contribution >= 4 is 38.9 Å². The molecule has 1 aromatic carbocycles. The predicted molar refractivity (Wildman–Crippen MR) is 93.6 cm³/mol.